The Hall–Kier alpha value is -3.13. The van der Waals surface area contributed by atoms with Crippen LogP contribution in [0.15, 0.2) is 47.6 Å². The van der Waals surface area contributed by atoms with Gasteiger partial charge in [0.05, 0.1) is 13.3 Å². The molecule has 28 heavy (non-hydrogen) atoms. The number of likely N-dealkylation sites (N-methyl/N-ethyl adjacent to an activating group) is 1. The van der Waals surface area contributed by atoms with Crippen molar-refractivity contribution in [2.24, 2.45) is 5.10 Å². The van der Waals surface area contributed by atoms with Crippen LogP contribution in [0.5, 0.6) is 11.5 Å². The summed E-state index contributed by atoms with van der Waals surface area (Å²) in [5, 5.41) is 10.3. The second-order valence-corrected chi connectivity index (χ2v) is 6.20. The number of aryl methyl sites for hydroxylation is 1. The second kappa shape index (κ2) is 10.9. The van der Waals surface area contributed by atoms with Crippen molar-refractivity contribution in [1.29, 1.82) is 0 Å². The van der Waals surface area contributed by atoms with Crippen LogP contribution in [0.3, 0.4) is 0 Å². The Morgan fingerprint density at radius 3 is 2.71 bits per heavy atom. The van der Waals surface area contributed by atoms with Gasteiger partial charge < -0.3 is 20.1 Å². The predicted molar refractivity (Wildman–Crippen MR) is 115 cm³/mol. The molecule has 7 nitrogen and oxygen atoms in total. The van der Waals surface area contributed by atoms with Gasteiger partial charge >= 0.3 is 0 Å². The molecular formula is C20H24N4O3S. The molecule has 2 rings (SSSR count). The average molecular weight is 401 g/mol. The molecular weight excluding hydrogens is 376 g/mol. The van der Waals surface area contributed by atoms with Gasteiger partial charge in [0, 0.05) is 12.2 Å². The van der Waals surface area contributed by atoms with Crippen molar-refractivity contribution in [2.45, 2.75) is 13.8 Å². The van der Waals surface area contributed by atoms with Gasteiger partial charge in [-0.1, -0.05) is 18.2 Å². The van der Waals surface area contributed by atoms with Gasteiger partial charge in [0.25, 0.3) is 5.91 Å². The molecule has 0 aliphatic carbocycles. The molecule has 0 saturated heterocycles. The SMILES string of the molecule is CCNC(=O)COc1ccc(/C=N\NC(=S)Nc2ccccc2C)cc1OC. The lowest BCUT2D eigenvalue weighted by molar-refractivity contribution is -0.123. The van der Waals surface area contributed by atoms with Gasteiger partial charge in [0.1, 0.15) is 0 Å². The van der Waals surface area contributed by atoms with Crippen molar-refractivity contribution in [3.8, 4) is 11.5 Å². The lowest BCUT2D eigenvalue weighted by atomic mass is 10.2. The van der Waals surface area contributed by atoms with E-state index in [-0.39, 0.29) is 12.5 Å². The number of hydrogen-bond acceptors (Lipinski definition) is 5. The third-order valence-corrected chi connectivity index (χ3v) is 3.89. The molecule has 0 heterocycles. The fraction of sp³-hybridized carbons (Fsp3) is 0.250. The van der Waals surface area contributed by atoms with E-state index < -0.39 is 0 Å². The molecule has 148 valence electrons. The van der Waals surface area contributed by atoms with E-state index in [1.165, 1.54) is 7.11 Å². The van der Waals surface area contributed by atoms with Crippen molar-refractivity contribution in [2.75, 3.05) is 25.6 Å². The highest BCUT2D eigenvalue weighted by Gasteiger charge is 2.08. The smallest absolute Gasteiger partial charge is 0.257 e. The van der Waals surface area contributed by atoms with E-state index in [0.29, 0.717) is 23.2 Å². The Morgan fingerprint density at radius 1 is 1.21 bits per heavy atom. The molecule has 0 spiro atoms. The zero-order valence-corrected chi connectivity index (χ0v) is 16.9. The number of benzene rings is 2. The highest BCUT2D eigenvalue weighted by atomic mass is 32.1. The summed E-state index contributed by atoms with van der Waals surface area (Å²) < 4.78 is 10.8. The molecule has 0 saturated carbocycles. The number of hydrogen-bond donors (Lipinski definition) is 3. The maximum Gasteiger partial charge on any atom is 0.257 e. The molecule has 1 amide bonds. The number of nitrogens with zero attached hydrogens (tertiary/aromatic N) is 1. The minimum Gasteiger partial charge on any atom is -0.493 e. The number of para-hydroxylation sites is 1. The van der Waals surface area contributed by atoms with Crippen LogP contribution in [0.4, 0.5) is 5.69 Å². The third kappa shape index (κ3) is 6.55. The van der Waals surface area contributed by atoms with Crippen LogP contribution in [0.25, 0.3) is 0 Å². The number of rotatable bonds is 8. The van der Waals surface area contributed by atoms with Gasteiger partial charge in [-0.15, -0.1) is 0 Å². The number of anilines is 1. The monoisotopic (exact) mass is 400 g/mol. The quantitative estimate of drug-likeness (QED) is 0.359. The minimum absolute atomic E-state index is 0.0714. The van der Waals surface area contributed by atoms with E-state index in [9.17, 15) is 4.79 Å². The van der Waals surface area contributed by atoms with Crippen LogP contribution in [-0.2, 0) is 4.79 Å². The van der Waals surface area contributed by atoms with Crippen molar-refractivity contribution in [3.05, 3.63) is 53.6 Å². The van der Waals surface area contributed by atoms with Gasteiger partial charge in [0.15, 0.2) is 23.2 Å². The molecule has 0 fully saturated rings. The normalized spacial score (nSPS) is 10.4. The van der Waals surface area contributed by atoms with Gasteiger partial charge in [0.2, 0.25) is 0 Å². The molecule has 0 bridgehead atoms. The van der Waals surface area contributed by atoms with E-state index in [2.05, 4.69) is 21.2 Å². The Labute approximate surface area is 170 Å². The van der Waals surface area contributed by atoms with E-state index >= 15 is 0 Å². The Balaban J connectivity index is 1.93. The molecule has 2 aromatic rings. The lowest BCUT2D eigenvalue weighted by Crippen LogP contribution is -2.28. The molecule has 0 aliphatic rings. The number of carbonyl (C=O) groups excluding carboxylic acids is 1. The number of amides is 1. The first-order valence-corrected chi connectivity index (χ1v) is 9.17. The molecule has 0 atom stereocenters. The molecule has 3 N–H and O–H groups in total. The summed E-state index contributed by atoms with van der Waals surface area (Å²) in [5.74, 6) is 0.804. The molecule has 0 aromatic heterocycles. The topological polar surface area (TPSA) is 84.0 Å². The second-order valence-electron chi connectivity index (χ2n) is 5.79. The summed E-state index contributed by atoms with van der Waals surface area (Å²) >= 11 is 5.24. The minimum atomic E-state index is -0.186. The zero-order valence-electron chi connectivity index (χ0n) is 16.1. The van der Waals surface area contributed by atoms with E-state index in [1.807, 2.05) is 38.1 Å². The van der Waals surface area contributed by atoms with Crippen LogP contribution >= 0.6 is 12.2 Å². The Bertz CT molecular complexity index is 855. The number of carbonyl (C=O) groups is 1. The zero-order chi connectivity index (χ0) is 20.4. The highest BCUT2D eigenvalue weighted by Crippen LogP contribution is 2.27. The summed E-state index contributed by atoms with van der Waals surface area (Å²) in [6.07, 6.45) is 1.61. The summed E-state index contributed by atoms with van der Waals surface area (Å²) in [6.45, 7) is 4.33. The maximum absolute atomic E-state index is 11.5. The van der Waals surface area contributed by atoms with Crippen LogP contribution in [0.1, 0.15) is 18.1 Å². The van der Waals surface area contributed by atoms with Crippen molar-refractivity contribution in [1.82, 2.24) is 10.7 Å². The number of methoxy groups -OCH3 is 1. The summed E-state index contributed by atoms with van der Waals surface area (Å²) in [7, 11) is 1.54. The van der Waals surface area contributed by atoms with Crippen molar-refractivity contribution in [3.63, 3.8) is 0 Å². The van der Waals surface area contributed by atoms with Gasteiger partial charge in [-0.25, -0.2) is 0 Å². The third-order valence-electron chi connectivity index (χ3n) is 3.69. The molecule has 2 aromatic carbocycles. The lowest BCUT2D eigenvalue weighted by Gasteiger charge is -2.11. The van der Waals surface area contributed by atoms with Crippen molar-refractivity contribution >= 4 is 35.1 Å². The molecule has 0 unspecified atom stereocenters. The Kier molecular flexibility index (Phi) is 8.23. The molecule has 8 heteroatoms. The largest absolute Gasteiger partial charge is 0.493 e. The summed E-state index contributed by atoms with van der Waals surface area (Å²) in [4.78, 5) is 11.5. The van der Waals surface area contributed by atoms with Crippen LogP contribution < -0.4 is 25.5 Å². The summed E-state index contributed by atoms with van der Waals surface area (Å²) in [6, 6.07) is 13.1. The van der Waals surface area contributed by atoms with Gasteiger partial charge in [-0.2, -0.15) is 5.10 Å². The van der Waals surface area contributed by atoms with E-state index in [0.717, 1.165) is 16.8 Å². The number of thiocarbonyl (C=S) groups is 1. The Morgan fingerprint density at radius 2 is 2.00 bits per heavy atom. The van der Waals surface area contributed by atoms with Crippen LogP contribution in [-0.4, -0.2) is 37.5 Å². The fourth-order valence-electron chi connectivity index (χ4n) is 2.30. The highest BCUT2D eigenvalue weighted by molar-refractivity contribution is 7.80. The predicted octanol–water partition coefficient (Wildman–Crippen LogP) is 2.84. The van der Waals surface area contributed by atoms with Gasteiger partial charge in [-0.3, -0.25) is 10.2 Å². The molecule has 0 radical (unpaired) electrons. The first-order valence-electron chi connectivity index (χ1n) is 8.76. The number of ether oxygens (including phenoxy) is 2. The van der Waals surface area contributed by atoms with Crippen LogP contribution in [0, 0.1) is 6.92 Å². The standard InChI is InChI=1S/C20H24N4O3S/c1-4-21-19(25)13-27-17-10-9-15(11-18(17)26-3)12-22-24-20(28)23-16-8-6-5-7-14(16)2/h5-12H,4,13H2,1-3H3,(H,21,25)(H2,23,24,28)/b22-12-. The number of hydrazone groups is 1. The average Bonchev–Trinajstić information content (AvgIpc) is 2.68. The van der Waals surface area contributed by atoms with Crippen LogP contribution in [0.2, 0.25) is 0 Å². The molecule has 0 aliphatic heterocycles. The van der Waals surface area contributed by atoms with Gasteiger partial charge in [-0.05, 0) is 61.5 Å². The van der Waals surface area contributed by atoms with E-state index in [4.69, 9.17) is 21.7 Å². The fourth-order valence-corrected chi connectivity index (χ4v) is 2.47. The number of nitrogens with one attached hydrogen (secondary N) is 3. The first-order chi connectivity index (χ1) is 13.5. The first kappa shape index (κ1) is 21.2. The van der Waals surface area contributed by atoms with E-state index in [1.54, 1.807) is 24.4 Å². The maximum atomic E-state index is 11.5. The summed E-state index contributed by atoms with van der Waals surface area (Å²) in [5.41, 5.74) is 5.57. The van der Waals surface area contributed by atoms with Crippen molar-refractivity contribution < 1.29 is 14.3 Å².